The molecule has 0 radical (unpaired) electrons. The summed E-state index contributed by atoms with van der Waals surface area (Å²) in [5.41, 5.74) is 2.97. The summed E-state index contributed by atoms with van der Waals surface area (Å²) in [6, 6.07) is 10.7. The predicted molar refractivity (Wildman–Crippen MR) is 132 cm³/mol. The fourth-order valence-electron chi connectivity index (χ4n) is 3.55. The number of hydrogen-bond donors (Lipinski definition) is 3. The van der Waals surface area contributed by atoms with Crippen LogP contribution in [0.2, 0.25) is 0 Å². The van der Waals surface area contributed by atoms with Crippen LogP contribution in [0.3, 0.4) is 0 Å². The Morgan fingerprint density at radius 1 is 0.743 bits per heavy atom. The lowest BCUT2D eigenvalue weighted by molar-refractivity contribution is -0.129. The first-order valence-electron chi connectivity index (χ1n) is 11.8. The van der Waals surface area contributed by atoms with Crippen molar-refractivity contribution in [3.63, 3.8) is 0 Å². The molecule has 2 heterocycles. The van der Waals surface area contributed by atoms with E-state index in [0.29, 0.717) is 30.4 Å². The number of nitrogens with one attached hydrogen (secondary N) is 2. The minimum atomic E-state index is -0.330. The Kier molecular flexibility index (Phi) is 10.5. The van der Waals surface area contributed by atoms with E-state index in [1.807, 2.05) is 12.1 Å². The highest BCUT2D eigenvalue weighted by Crippen LogP contribution is 2.28. The van der Waals surface area contributed by atoms with Gasteiger partial charge in [-0.1, -0.05) is 32.1 Å². The summed E-state index contributed by atoms with van der Waals surface area (Å²) in [7, 11) is 0. The number of rotatable bonds is 14. The van der Waals surface area contributed by atoms with Gasteiger partial charge in [0.05, 0.1) is 5.69 Å². The van der Waals surface area contributed by atoms with Gasteiger partial charge in [0.1, 0.15) is 0 Å². The molecule has 10 nitrogen and oxygen atoms in total. The van der Waals surface area contributed by atoms with Crippen LogP contribution < -0.4 is 15.7 Å². The van der Waals surface area contributed by atoms with E-state index in [4.69, 9.17) is 5.21 Å². The standard InChI is InChI=1S/C25H31N7O3/c33-22(31-35)10-6-4-2-1-3-5-7-15-26-23(34)20-11-13-21(14-12-20)32(24-27-16-8-17-28-24)25-29-18-9-19-30-25/h8-9,11-14,16-19,35H,1-7,10,15H2,(H,26,34)(H,31,33). The van der Waals surface area contributed by atoms with E-state index >= 15 is 0 Å². The zero-order valence-electron chi connectivity index (χ0n) is 19.6. The highest BCUT2D eigenvalue weighted by molar-refractivity contribution is 5.94. The van der Waals surface area contributed by atoms with Crippen molar-refractivity contribution >= 4 is 29.4 Å². The lowest BCUT2D eigenvalue weighted by Crippen LogP contribution is -2.24. The molecule has 0 aliphatic heterocycles. The summed E-state index contributed by atoms with van der Waals surface area (Å²) in [6.07, 6.45) is 14.0. The van der Waals surface area contributed by atoms with E-state index in [1.54, 1.807) is 59.4 Å². The molecule has 2 amide bonds. The normalized spacial score (nSPS) is 10.5. The number of carbonyl (C=O) groups is 2. The quantitative estimate of drug-likeness (QED) is 0.180. The Morgan fingerprint density at radius 2 is 1.26 bits per heavy atom. The first-order valence-corrected chi connectivity index (χ1v) is 11.8. The number of amides is 2. The van der Waals surface area contributed by atoms with Crippen molar-refractivity contribution in [3.8, 4) is 0 Å². The third-order valence-corrected chi connectivity index (χ3v) is 5.38. The van der Waals surface area contributed by atoms with Gasteiger partial charge in [-0.25, -0.2) is 30.3 Å². The van der Waals surface area contributed by atoms with E-state index in [1.165, 1.54) is 0 Å². The van der Waals surface area contributed by atoms with E-state index in [-0.39, 0.29) is 11.8 Å². The third kappa shape index (κ3) is 8.42. The monoisotopic (exact) mass is 477 g/mol. The fraction of sp³-hybridized carbons (Fsp3) is 0.360. The zero-order chi connectivity index (χ0) is 24.7. The van der Waals surface area contributed by atoms with E-state index in [0.717, 1.165) is 50.6 Å². The molecule has 0 aliphatic rings. The van der Waals surface area contributed by atoms with Crippen LogP contribution in [0.25, 0.3) is 0 Å². The molecule has 0 unspecified atom stereocenters. The number of aromatic nitrogens is 4. The Hall–Kier alpha value is -3.92. The predicted octanol–water partition coefficient (Wildman–Crippen LogP) is 4.09. The van der Waals surface area contributed by atoms with Crippen LogP contribution in [-0.2, 0) is 4.79 Å². The fourth-order valence-corrected chi connectivity index (χ4v) is 3.55. The molecule has 0 atom stereocenters. The van der Waals surface area contributed by atoms with Gasteiger partial charge in [0.25, 0.3) is 5.91 Å². The van der Waals surface area contributed by atoms with Crippen molar-refractivity contribution < 1.29 is 14.8 Å². The smallest absolute Gasteiger partial charge is 0.251 e. The van der Waals surface area contributed by atoms with Crippen molar-refractivity contribution in [2.75, 3.05) is 11.4 Å². The molecule has 3 aromatic rings. The number of carbonyl (C=O) groups excluding carboxylic acids is 2. The average Bonchev–Trinajstić information content (AvgIpc) is 2.91. The van der Waals surface area contributed by atoms with Crippen molar-refractivity contribution in [1.82, 2.24) is 30.7 Å². The van der Waals surface area contributed by atoms with Crippen LogP contribution in [-0.4, -0.2) is 43.5 Å². The summed E-state index contributed by atoms with van der Waals surface area (Å²) in [4.78, 5) is 42.5. The van der Waals surface area contributed by atoms with Crippen LogP contribution in [0, 0.1) is 0 Å². The SMILES string of the molecule is O=C(CCCCCCCCCNC(=O)c1ccc(N(c2ncccn2)c2ncccn2)cc1)NO. The molecule has 35 heavy (non-hydrogen) atoms. The molecule has 0 bridgehead atoms. The largest absolute Gasteiger partial charge is 0.352 e. The number of nitrogens with zero attached hydrogens (tertiary/aromatic N) is 5. The molecule has 10 heteroatoms. The highest BCUT2D eigenvalue weighted by atomic mass is 16.5. The average molecular weight is 478 g/mol. The van der Waals surface area contributed by atoms with Crippen molar-refractivity contribution in [3.05, 3.63) is 66.7 Å². The van der Waals surface area contributed by atoms with E-state index in [9.17, 15) is 9.59 Å². The van der Waals surface area contributed by atoms with E-state index in [2.05, 4.69) is 25.3 Å². The summed E-state index contributed by atoms with van der Waals surface area (Å²) >= 11 is 0. The van der Waals surface area contributed by atoms with Gasteiger partial charge in [-0.05, 0) is 49.2 Å². The molecule has 3 N–H and O–H groups in total. The summed E-state index contributed by atoms with van der Waals surface area (Å²) < 4.78 is 0. The second-order valence-corrected chi connectivity index (χ2v) is 8.00. The Morgan fingerprint density at radius 3 is 1.80 bits per heavy atom. The summed E-state index contributed by atoms with van der Waals surface area (Å²) in [5.74, 6) is 0.429. The van der Waals surface area contributed by atoms with Gasteiger partial charge in [0.2, 0.25) is 17.8 Å². The number of hydrogen-bond acceptors (Lipinski definition) is 8. The van der Waals surface area contributed by atoms with Gasteiger partial charge in [-0.15, -0.1) is 0 Å². The molecular formula is C25H31N7O3. The zero-order valence-corrected chi connectivity index (χ0v) is 19.6. The van der Waals surface area contributed by atoms with Gasteiger partial charge >= 0.3 is 0 Å². The highest BCUT2D eigenvalue weighted by Gasteiger charge is 2.17. The number of hydroxylamine groups is 1. The second kappa shape index (κ2) is 14.4. The molecule has 184 valence electrons. The maximum absolute atomic E-state index is 12.5. The Balaban J connectivity index is 1.43. The maximum atomic E-state index is 12.5. The maximum Gasteiger partial charge on any atom is 0.251 e. The number of unbranched alkanes of at least 4 members (excludes halogenated alkanes) is 6. The molecule has 0 saturated heterocycles. The molecule has 2 aromatic heterocycles. The van der Waals surface area contributed by atoms with Gasteiger partial charge in [0, 0.05) is 43.3 Å². The van der Waals surface area contributed by atoms with E-state index < -0.39 is 0 Å². The van der Waals surface area contributed by atoms with Crippen LogP contribution in [0.15, 0.2) is 61.2 Å². The van der Waals surface area contributed by atoms with Crippen LogP contribution >= 0.6 is 0 Å². The molecule has 0 saturated carbocycles. The first-order chi connectivity index (χ1) is 17.2. The van der Waals surface area contributed by atoms with Gasteiger partial charge in [0.15, 0.2) is 0 Å². The molecular weight excluding hydrogens is 446 g/mol. The van der Waals surface area contributed by atoms with Gasteiger partial charge in [-0.3, -0.25) is 14.8 Å². The van der Waals surface area contributed by atoms with Crippen LogP contribution in [0.1, 0.15) is 61.7 Å². The topological polar surface area (TPSA) is 133 Å². The summed E-state index contributed by atoms with van der Waals surface area (Å²) in [6.45, 7) is 0.624. The van der Waals surface area contributed by atoms with Crippen LogP contribution in [0.5, 0.6) is 0 Å². The lowest BCUT2D eigenvalue weighted by Gasteiger charge is -2.20. The van der Waals surface area contributed by atoms with Crippen LogP contribution in [0.4, 0.5) is 17.6 Å². The lowest BCUT2D eigenvalue weighted by atomic mass is 10.1. The minimum absolute atomic E-state index is 0.114. The van der Waals surface area contributed by atoms with Gasteiger partial charge in [-0.2, -0.15) is 0 Å². The minimum Gasteiger partial charge on any atom is -0.352 e. The number of anilines is 3. The van der Waals surface area contributed by atoms with Gasteiger partial charge < -0.3 is 5.32 Å². The van der Waals surface area contributed by atoms with Crippen molar-refractivity contribution in [1.29, 1.82) is 0 Å². The third-order valence-electron chi connectivity index (χ3n) is 5.38. The Bertz CT molecular complexity index is 994. The Labute approximate surface area is 204 Å². The summed E-state index contributed by atoms with van der Waals surface area (Å²) in [5, 5.41) is 11.4. The second-order valence-electron chi connectivity index (χ2n) is 8.00. The van der Waals surface area contributed by atoms with Crippen molar-refractivity contribution in [2.24, 2.45) is 0 Å². The molecule has 0 fully saturated rings. The van der Waals surface area contributed by atoms with Crippen molar-refractivity contribution in [2.45, 2.75) is 51.4 Å². The number of benzene rings is 1. The molecule has 0 spiro atoms. The molecule has 3 rings (SSSR count). The first kappa shape index (κ1) is 25.7. The molecule has 1 aromatic carbocycles. The molecule has 0 aliphatic carbocycles.